The zero-order chi connectivity index (χ0) is 24.0. The summed E-state index contributed by atoms with van der Waals surface area (Å²) >= 11 is 0. The molecule has 0 spiro atoms. The Morgan fingerprint density at radius 1 is 1.09 bits per heavy atom. The second kappa shape index (κ2) is 10.6. The number of ether oxygens (including phenoxy) is 1. The first-order chi connectivity index (χ1) is 15.7. The van der Waals surface area contributed by atoms with Gasteiger partial charge in [-0.15, -0.1) is 0 Å². The lowest BCUT2D eigenvalue weighted by molar-refractivity contribution is -0.143. The zero-order valence-corrected chi connectivity index (χ0v) is 19.3. The van der Waals surface area contributed by atoms with Crippen molar-refractivity contribution in [1.82, 2.24) is 9.73 Å². The van der Waals surface area contributed by atoms with Crippen molar-refractivity contribution in [3.8, 4) is 5.75 Å². The number of methoxy groups -OCH3 is 1. The number of rotatable bonds is 8. The number of hydrogen-bond acceptors (Lipinski definition) is 6. The number of nitrogens with one attached hydrogen (secondary N) is 1. The van der Waals surface area contributed by atoms with E-state index in [0.717, 1.165) is 5.56 Å². The van der Waals surface area contributed by atoms with Crippen molar-refractivity contribution < 1.29 is 27.9 Å². The van der Waals surface area contributed by atoms with Gasteiger partial charge >= 0.3 is 5.97 Å². The van der Waals surface area contributed by atoms with E-state index in [2.05, 4.69) is 10.5 Å². The predicted molar refractivity (Wildman–Crippen MR) is 123 cm³/mol. The summed E-state index contributed by atoms with van der Waals surface area (Å²) in [5.41, 5.74) is 4.53. The van der Waals surface area contributed by atoms with Crippen LogP contribution >= 0.6 is 0 Å². The smallest absolute Gasteiger partial charge is 0.306 e. The van der Waals surface area contributed by atoms with E-state index in [1.807, 2.05) is 0 Å². The molecule has 0 saturated carbocycles. The molecule has 1 heterocycles. The highest BCUT2D eigenvalue weighted by atomic mass is 32.2. The average molecular weight is 474 g/mol. The maximum Gasteiger partial charge on any atom is 0.306 e. The van der Waals surface area contributed by atoms with Crippen LogP contribution in [0.4, 0.5) is 0 Å². The van der Waals surface area contributed by atoms with Crippen molar-refractivity contribution in [2.24, 2.45) is 11.0 Å². The monoisotopic (exact) mass is 473 g/mol. The lowest BCUT2D eigenvalue weighted by atomic mass is 9.99. The Labute approximate surface area is 193 Å². The van der Waals surface area contributed by atoms with E-state index in [9.17, 15) is 18.0 Å². The minimum atomic E-state index is -3.70. The molecule has 33 heavy (non-hydrogen) atoms. The van der Waals surface area contributed by atoms with E-state index in [1.165, 1.54) is 16.4 Å². The SMILES string of the molecule is COc1ccc(CC(=O)N/N=C(\C)c2ccc(S(=O)(=O)N3CCC(C(=O)O)CC3)cc2)cc1. The molecule has 3 rings (SSSR count). The van der Waals surface area contributed by atoms with Crippen molar-refractivity contribution in [1.29, 1.82) is 0 Å². The Bertz CT molecular complexity index is 1120. The van der Waals surface area contributed by atoms with Crippen molar-refractivity contribution in [3.05, 3.63) is 59.7 Å². The Hall–Kier alpha value is -3.24. The molecule has 0 atom stereocenters. The molecule has 2 aromatic carbocycles. The highest BCUT2D eigenvalue weighted by Gasteiger charge is 2.31. The fourth-order valence-electron chi connectivity index (χ4n) is 3.54. The molecule has 1 aliphatic heterocycles. The second-order valence-electron chi connectivity index (χ2n) is 7.80. The Morgan fingerprint density at radius 2 is 1.70 bits per heavy atom. The molecule has 0 bridgehead atoms. The van der Waals surface area contributed by atoms with Crippen LogP contribution in [-0.2, 0) is 26.0 Å². The van der Waals surface area contributed by atoms with Gasteiger partial charge in [-0.1, -0.05) is 24.3 Å². The molecule has 1 fully saturated rings. The third-order valence-electron chi connectivity index (χ3n) is 5.59. The summed E-state index contributed by atoms with van der Waals surface area (Å²) in [6.07, 6.45) is 0.764. The molecule has 0 radical (unpaired) electrons. The fraction of sp³-hybridized carbons (Fsp3) is 0.348. The lowest BCUT2D eigenvalue weighted by Crippen LogP contribution is -2.40. The van der Waals surface area contributed by atoms with E-state index in [-0.39, 0.29) is 30.3 Å². The number of sulfonamides is 1. The van der Waals surface area contributed by atoms with Crippen molar-refractivity contribution in [2.75, 3.05) is 20.2 Å². The van der Waals surface area contributed by atoms with E-state index >= 15 is 0 Å². The summed E-state index contributed by atoms with van der Waals surface area (Å²) in [6.45, 7) is 2.08. The second-order valence-corrected chi connectivity index (χ2v) is 9.74. The van der Waals surface area contributed by atoms with Crippen LogP contribution in [0.15, 0.2) is 58.5 Å². The molecule has 2 aromatic rings. The van der Waals surface area contributed by atoms with Gasteiger partial charge in [0.25, 0.3) is 0 Å². The molecular formula is C23H27N3O6S. The molecule has 9 nitrogen and oxygen atoms in total. The summed E-state index contributed by atoms with van der Waals surface area (Å²) in [5.74, 6) is -0.952. The summed E-state index contributed by atoms with van der Waals surface area (Å²) < 4.78 is 32.1. The third-order valence-corrected chi connectivity index (χ3v) is 7.50. The van der Waals surface area contributed by atoms with Crippen LogP contribution in [0.1, 0.15) is 30.9 Å². The van der Waals surface area contributed by atoms with Crippen LogP contribution in [0.2, 0.25) is 0 Å². The average Bonchev–Trinajstić information content (AvgIpc) is 2.83. The number of hydrazone groups is 1. The maximum atomic E-state index is 12.9. The van der Waals surface area contributed by atoms with Gasteiger partial charge in [0.1, 0.15) is 5.75 Å². The lowest BCUT2D eigenvalue weighted by Gasteiger charge is -2.29. The fourth-order valence-corrected chi connectivity index (χ4v) is 5.01. The summed E-state index contributed by atoms with van der Waals surface area (Å²) in [5, 5.41) is 13.2. The van der Waals surface area contributed by atoms with Crippen molar-refractivity contribution >= 4 is 27.6 Å². The van der Waals surface area contributed by atoms with Gasteiger partial charge < -0.3 is 9.84 Å². The van der Waals surface area contributed by atoms with Gasteiger partial charge in [-0.05, 0) is 55.2 Å². The quantitative estimate of drug-likeness (QED) is 0.448. The highest BCUT2D eigenvalue weighted by molar-refractivity contribution is 7.89. The van der Waals surface area contributed by atoms with E-state index in [0.29, 0.717) is 29.9 Å². The molecule has 1 saturated heterocycles. The number of amides is 1. The van der Waals surface area contributed by atoms with Crippen LogP contribution in [0.25, 0.3) is 0 Å². The zero-order valence-electron chi connectivity index (χ0n) is 18.5. The normalized spacial score (nSPS) is 15.8. The van der Waals surface area contributed by atoms with Crippen LogP contribution < -0.4 is 10.2 Å². The first-order valence-electron chi connectivity index (χ1n) is 10.5. The topological polar surface area (TPSA) is 125 Å². The number of carboxylic acid groups (broad SMARTS) is 1. The molecule has 0 aliphatic carbocycles. The molecular weight excluding hydrogens is 446 g/mol. The Kier molecular flexibility index (Phi) is 7.83. The van der Waals surface area contributed by atoms with Gasteiger partial charge in [0.15, 0.2) is 0 Å². The van der Waals surface area contributed by atoms with E-state index in [1.54, 1.807) is 50.4 Å². The first kappa shape index (κ1) is 24.4. The molecule has 0 aromatic heterocycles. The van der Waals surface area contributed by atoms with E-state index in [4.69, 9.17) is 9.84 Å². The predicted octanol–water partition coefficient (Wildman–Crippen LogP) is 2.26. The van der Waals surface area contributed by atoms with Crippen LogP contribution in [0.5, 0.6) is 5.75 Å². The number of benzene rings is 2. The van der Waals surface area contributed by atoms with Gasteiger partial charge in [0, 0.05) is 13.1 Å². The molecule has 1 aliphatic rings. The van der Waals surface area contributed by atoms with E-state index < -0.39 is 21.9 Å². The van der Waals surface area contributed by atoms with Crippen LogP contribution in [0.3, 0.4) is 0 Å². The minimum Gasteiger partial charge on any atom is -0.497 e. The number of carbonyl (C=O) groups excluding carboxylic acids is 1. The highest BCUT2D eigenvalue weighted by Crippen LogP contribution is 2.24. The Balaban J connectivity index is 1.59. The number of carbonyl (C=O) groups is 2. The summed E-state index contributed by atoms with van der Waals surface area (Å²) in [7, 11) is -2.12. The van der Waals surface area contributed by atoms with Crippen LogP contribution in [-0.4, -0.2) is 55.6 Å². The van der Waals surface area contributed by atoms with Crippen molar-refractivity contribution in [2.45, 2.75) is 31.1 Å². The first-order valence-corrected chi connectivity index (χ1v) is 11.9. The minimum absolute atomic E-state index is 0.136. The van der Waals surface area contributed by atoms with Crippen LogP contribution in [0, 0.1) is 5.92 Å². The number of hydrogen-bond donors (Lipinski definition) is 2. The number of aliphatic carboxylic acids is 1. The standard InChI is InChI=1S/C23H27N3O6S/c1-16(24-25-22(27)15-17-3-7-20(32-2)8-4-17)18-5-9-21(10-6-18)33(30,31)26-13-11-19(12-14-26)23(28)29/h3-10,19H,11-15H2,1-2H3,(H,25,27)(H,28,29)/b24-16+. The van der Waals surface area contributed by atoms with Gasteiger partial charge in [-0.3, -0.25) is 9.59 Å². The third kappa shape index (κ3) is 6.17. The molecule has 176 valence electrons. The molecule has 1 amide bonds. The summed E-state index contributed by atoms with van der Waals surface area (Å²) in [6, 6.07) is 13.4. The Morgan fingerprint density at radius 3 is 2.24 bits per heavy atom. The number of piperidine rings is 1. The van der Waals surface area contributed by atoms with Gasteiger partial charge in [0.2, 0.25) is 15.9 Å². The number of nitrogens with zero attached hydrogens (tertiary/aromatic N) is 2. The summed E-state index contributed by atoms with van der Waals surface area (Å²) in [4.78, 5) is 23.4. The van der Waals surface area contributed by atoms with Gasteiger partial charge in [-0.25, -0.2) is 13.8 Å². The number of carboxylic acids is 1. The maximum absolute atomic E-state index is 12.9. The molecule has 0 unspecified atom stereocenters. The van der Waals surface area contributed by atoms with Gasteiger partial charge in [-0.2, -0.15) is 9.41 Å². The van der Waals surface area contributed by atoms with Crippen molar-refractivity contribution in [3.63, 3.8) is 0 Å². The van der Waals surface area contributed by atoms with Gasteiger partial charge in [0.05, 0.1) is 30.1 Å². The largest absolute Gasteiger partial charge is 0.497 e. The molecule has 2 N–H and O–H groups in total. The molecule has 10 heteroatoms.